The lowest BCUT2D eigenvalue weighted by Crippen LogP contribution is -2.45. The zero-order valence-electron chi connectivity index (χ0n) is 26.0. The minimum atomic E-state index is -1.11. The highest BCUT2D eigenvalue weighted by atomic mass is 35.5. The van der Waals surface area contributed by atoms with Crippen LogP contribution in [0.15, 0.2) is 30.3 Å². The molecule has 1 aromatic carbocycles. The number of halogens is 3. The first-order valence-corrected chi connectivity index (χ1v) is 17.6. The summed E-state index contributed by atoms with van der Waals surface area (Å²) >= 11 is 20.4. The first-order chi connectivity index (χ1) is 21.2. The molecule has 5 rings (SSSR count). The number of hydrogen-bond donors (Lipinski definition) is 2. The molecule has 1 aromatic heterocycles. The van der Waals surface area contributed by atoms with Crippen molar-refractivity contribution in [2.75, 3.05) is 13.2 Å². The van der Waals surface area contributed by atoms with E-state index >= 15 is 0 Å². The number of alkyl halides is 1. The summed E-state index contributed by atoms with van der Waals surface area (Å²) in [5.41, 5.74) is 1.05. The second-order valence-electron chi connectivity index (χ2n) is 13.2. The van der Waals surface area contributed by atoms with E-state index in [0.29, 0.717) is 28.0 Å². The number of benzene rings is 1. The topological polar surface area (TPSA) is 104 Å². The normalized spacial score (nSPS) is 31.4. The van der Waals surface area contributed by atoms with E-state index < -0.39 is 48.1 Å². The predicted molar refractivity (Wildman–Crippen MR) is 174 cm³/mol. The third-order valence-electron chi connectivity index (χ3n) is 8.81. The van der Waals surface area contributed by atoms with Crippen molar-refractivity contribution < 1.29 is 38.7 Å². The average Bonchev–Trinajstić information content (AvgIpc) is 3.70. The first-order valence-electron chi connectivity index (χ1n) is 15.6. The molecule has 12 heteroatoms. The molecule has 3 fully saturated rings. The Morgan fingerprint density at radius 3 is 2.44 bits per heavy atom. The van der Waals surface area contributed by atoms with Crippen molar-refractivity contribution in [1.82, 2.24) is 0 Å². The smallest absolute Gasteiger partial charge is 0.348 e. The van der Waals surface area contributed by atoms with Gasteiger partial charge in [-0.15, -0.1) is 22.9 Å². The molecule has 3 heterocycles. The van der Waals surface area contributed by atoms with Crippen LogP contribution in [0.4, 0.5) is 0 Å². The Kier molecular flexibility index (Phi) is 11.5. The number of carbonyl (C=O) groups is 1. The third-order valence-corrected chi connectivity index (χ3v) is 10.9. The van der Waals surface area contributed by atoms with Crippen LogP contribution in [0.1, 0.15) is 73.5 Å². The highest BCUT2D eigenvalue weighted by Crippen LogP contribution is 2.42. The number of aliphatic hydroxyl groups is 2. The number of aryl methyl sites for hydroxylation is 2. The number of thiophene rings is 1. The number of carbonyl (C=O) groups excluding carboxylic acids is 1. The van der Waals surface area contributed by atoms with Gasteiger partial charge in [0.15, 0.2) is 11.6 Å². The molecular formula is C33H43Cl3O8S. The summed E-state index contributed by atoms with van der Waals surface area (Å²) in [5, 5.41) is 22.8. The maximum Gasteiger partial charge on any atom is 0.348 e. The van der Waals surface area contributed by atoms with E-state index in [9.17, 15) is 15.0 Å². The van der Waals surface area contributed by atoms with Gasteiger partial charge in [0.2, 0.25) is 0 Å². The number of rotatable bonds is 12. The SMILES string of the molecule is CC1(C)OCC([C@H]2OC(C)(C)O[C@@H]2[C@@H](O)COC(=O)c2ccc(CCC[C@@H]3[C@@H](CCc4cc(Cl)cc(Cl)c4)[C@H](O)C[C@H]3Cl)s2)O1. The van der Waals surface area contributed by atoms with Gasteiger partial charge in [-0.2, -0.15) is 0 Å². The van der Waals surface area contributed by atoms with Gasteiger partial charge in [0.25, 0.3) is 0 Å². The number of aliphatic hydroxyl groups excluding tert-OH is 2. The van der Waals surface area contributed by atoms with Crippen molar-refractivity contribution in [2.24, 2.45) is 11.8 Å². The Labute approximate surface area is 284 Å². The quantitative estimate of drug-likeness (QED) is 0.184. The molecule has 8 nitrogen and oxygen atoms in total. The molecule has 250 valence electrons. The van der Waals surface area contributed by atoms with Gasteiger partial charge in [-0.05, 0) is 114 Å². The van der Waals surface area contributed by atoms with Crippen LogP contribution in [0, 0.1) is 11.8 Å². The van der Waals surface area contributed by atoms with Crippen LogP contribution in [0.3, 0.4) is 0 Å². The summed E-state index contributed by atoms with van der Waals surface area (Å²) in [6, 6.07) is 9.23. The Bertz CT molecular complexity index is 1300. The molecule has 1 unspecified atom stereocenters. The van der Waals surface area contributed by atoms with Crippen LogP contribution in [0.2, 0.25) is 10.0 Å². The summed E-state index contributed by atoms with van der Waals surface area (Å²) in [4.78, 5) is 14.4. The zero-order chi connectivity index (χ0) is 32.5. The van der Waals surface area contributed by atoms with Crippen molar-refractivity contribution >= 4 is 52.1 Å². The fourth-order valence-corrected chi connectivity index (χ4v) is 8.77. The standard InChI is InChI=1S/C33H43Cl3O8S/c1-32(2)41-17-27(42-32)30-29(43-33(3,4)44-30)26(38)16-40-31(39)28-11-9-21(45-28)6-5-7-22-23(25(37)15-24(22)36)10-8-18-12-19(34)14-20(35)13-18/h9,11-14,22-27,29-30,37-38H,5-8,10,15-17H2,1-4H3/t22-,23-,24-,25-,26+,27?,29-,30-/m1/s1. The van der Waals surface area contributed by atoms with Crippen LogP contribution >= 0.6 is 46.1 Å². The van der Waals surface area contributed by atoms with E-state index in [-0.39, 0.29) is 23.8 Å². The lowest BCUT2D eigenvalue weighted by Gasteiger charge is -2.26. The maximum absolute atomic E-state index is 12.9. The molecule has 2 aromatic rings. The fourth-order valence-electron chi connectivity index (χ4n) is 6.76. The minimum absolute atomic E-state index is 0.0769. The zero-order valence-corrected chi connectivity index (χ0v) is 29.1. The van der Waals surface area contributed by atoms with Gasteiger partial charge >= 0.3 is 5.97 Å². The van der Waals surface area contributed by atoms with Gasteiger partial charge in [0, 0.05) is 20.3 Å². The van der Waals surface area contributed by atoms with Crippen molar-refractivity contribution in [3.8, 4) is 0 Å². The van der Waals surface area contributed by atoms with Gasteiger partial charge in [-0.25, -0.2) is 4.79 Å². The molecule has 1 aliphatic carbocycles. The van der Waals surface area contributed by atoms with Crippen molar-refractivity contribution in [3.05, 3.63) is 55.7 Å². The summed E-state index contributed by atoms with van der Waals surface area (Å²) in [7, 11) is 0. The molecule has 3 aliphatic rings. The summed E-state index contributed by atoms with van der Waals surface area (Å²) < 4.78 is 29.1. The molecule has 0 radical (unpaired) electrons. The van der Waals surface area contributed by atoms with E-state index in [4.69, 9.17) is 58.5 Å². The van der Waals surface area contributed by atoms with E-state index in [1.54, 1.807) is 26.0 Å². The molecule has 2 saturated heterocycles. The van der Waals surface area contributed by atoms with Gasteiger partial charge in [0.1, 0.15) is 35.9 Å². The molecule has 0 amide bonds. The second-order valence-corrected chi connectivity index (χ2v) is 15.8. The number of esters is 1. The highest BCUT2D eigenvalue weighted by Gasteiger charge is 2.52. The second kappa shape index (κ2) is 14.6. The highest BCUT2D eigenvalue weighted by molar-refractivity contribution is 7.13. The van der Waals surface area contributed by atoms with E-state index in [1.807, 2.05) is 32.0 Å². The fraction of sp³-hybridized carbons (Fsp3) is 0.667. The van der Waals surface area contributed by atoms with E-state index in [1.165, 1.54) is 11.3 Å². The molecule has 2 aliphatic heterocycles. The van der Waals surface area contributed by atoms with Crippen LogP contribution in [0.5, 0.6) is 0 Å². The Morgan fingerprint density at radius 1 is 1.02 bits per heavy atom. The largest absolute Gasteiger partial charge is 0.459 e. The average molecular weight is 706 g/mol. The first kappa shape index (κ1) is 35.3. The monoisotopic (exact) mass is 704 g/mol. The molecule has 1 saturated carbocycles. The van der Waals surface area contributed by atoms with Gasteiger partial charge < -0.3 is 33.9 Å². The summed E-state index contributed by atoms with van der Waals surface area (Å²) in [5.74, 6) is -1.88. The van der Waals surface area contributed by atoms with Crippen LogP contribution < -0.4 is 0 Å². The maximum atomic E-state index is 12.9. The van der Waals surface area contributed by atoms with Crippen molar-refractivity contribution in [1.29, 1.82) is 0 Å². The van der Waals surface area contributed by atoms with Crippen LogP contribution in [0.25, 0.3) is 0 Å². The number of ether oxygens (including phenoxy) is 5. The van der Waals surface area contributed by atoms with E-state index in [0.717, 1.165) is 42.5 Å². The summed E-state index contributed by atoms with van der Waals surface area (Å²) in [6.07, 6.45) is 1.43. The Hall–Kier alpha value is -0.980. The lowest BCUT2D eigenvalue weighted by molar-refractivity contribution is -0.175. The lowest BCUT2D eigenvalue weighted by atomic mass is 9.85. The molecule has 0 spiro atoms. The van der Waals surface area contributed by atoms with Crippen LogP contribution in [-0.2, 0) is 36.5 Å². The summed E-state index contributed by atoms with van der Waals surface area (Å²) in [6.45, 7) is 7.25. The Morgan fingerprint density at radius 2 is 1.76 bits per heavy atom. The number of hydrogen-bond acceptors (Lipinski definition) is 9. The van der Waals surface area contributed by atoms with Gasteiger partial charge in [0.05, 0.1) is 12.7 Å². The minimum Gasteiger partial charge on any atom is -0.459 e. The molecule has 45 heavy (non-hydrogen) atoms. The van der Waals surface area contributed by atoms with Crippen molar-refractivity contribution in [2.45, 2.75) is 114 Å². The van der Waals surface area contributed by atoms with Crippen molar-refractivity contribution in [3.63, 3.8) is 0 Å². The van der Waals surface area contributed by atoms with E-state index in [2.05, 4.69) is 0 Å². The van der Waals surface area contributed by atoms with Gasteiger partial charge in [-0.3, -0.25) is 0 Å². The molecule has 2 N–H and O–H groups in total. The third kappa shape index (κ3) is 9.13. The molecule has 0 bridgehead atoms. The van der Waals surface area contributed by atoms with Crippen LogP contribution in [-0.4, -0.2) is 76.9 Å². The molecular weight excluding hydrogens is 663 g/mol. The predicted octanol–water partition coefficient (Wildman–Crippen LogP) is 6.80. The van der Waals surface area contributed by atoms with Gasteiger partial charge in [-0.1, -0.05) is 23.2 Å². The molecule has 8 atom stereocenters. The Balaban J connectivity index is 1.09.